The predicted molar refractivity (Wildman–Crippen MR) is 79.2 cm³/mol. The monoisotopic (exact) mass is 280 g/mol. The van der Waals surface area contributed by atoms with Crippen molar-refractivity contribution in [2.45, 2.75) is 26.3 Å². The first-order valence-corrected chi connectivity index (χ1v) is 6.75. The van der Waals surface area contributed by atoms with Crippen LogP contribution in [0.2, 0.25) is 0 Å². The number of benzene rings is 1. The lowest BCUT2D eigenvalue weighted by atomic mass is 10.1. The number of nitrogens with zero attached hydrogens (tertiary/aromatic N) is 1. The second-order valence-corrected chi connectivity index (χ2v) is 4.87. The van der Waals surface area contributed by atoms with Crippen molar-refractivity contribution >= 4 is 5.91 Å². The molecule has 0 aliphatic heterocycles. The number of carbonyl (C=O) groups excluding carboxylic acids is 1. The Morgan fingerprint density at radius 1 is 1.40 bits per heavy atom. The third-order valence-corrected chi connectivity index (χ3v) is 3.20. The smallest absolute Gasteiger partial charge is 0.260 e. The summed E-state index contributed by atoms with van der Waals surface area (Å²) in [6, 6.07) is 5.78. The molecule has 1 rings (SSSR count). The van der Waals surface area contributed by atoms with Gasteiger partial charge in [-0.1, -0.05) is 12.1 Å². The number of hydrogen-bond acceptors (Lipinski definition) is 4. The van der Waals surface area contributed by atoms with Crippen molar-refractivity contribution in [2.24, 2.45) is 5.73 Å². The summed E-state index contributed by atoms with van der Waals surface area (Å²) in [5.41, 5.74) is 6.54. The summed E-state index contributed by atoms with van der Waals surface area (Å²) in [4.78, 5) is 13.6. The molecule has 20 heavy (non-hydrogen) atoms. The Morgan fingerprint density at radius 3 is 2.65 bits per heavy atom. The second kappa shape index (κ2) is 7.75. The first kappa shape index (κ1) is 16.3. The normalized spacial score (nSPS) is 10.5. The third kappa shape index (κ3) is 4.13. The van der Waals surface area contributed by atoms with Crippen LogP contribution in [0.3, 0.4) is 0 Å². The highest BCUT2D eigenvalue weighted by atomic mass is 16.5. The van der Waals surface area contributed by atoms with Gasteiger partial charge in [-0.2, -0.15) is 0 Å². The van der Waals surface area contributed by atoms with Crippen LogP contribution in [0, 0.1) is 0 Å². The van der Waals surface area contributed by atoms with Crippen LogP contribution in [0.5, 0.6) is 11.5 Å². The molecule has 0 atom stereocenters. The maximum Gasteiger partial charge on any atom is 0.260 e. The highest BCUT2D eigenvalue weighted by Gasteiger charge is 2.15. The first-order valence-electron chi connectivity index (χ1n) is 6.75. The fraction of sp³-hybridized carbons (Fsp3) is 0.533. The molecule has 0 saturated heterocycles. The summed E-state index contributed by atoms with van der Waals surface area (Å²) in [6.45, 7) is 4.43. The van der Waals surface area contributed by atoms with Gasteiger partial charge in [-0.15, -0.1) is 0 Å². The summed E-state index contributed by atoms with van der Waals surface area (Å²) >= 11 is 0. The van der Waals surface area contributed by atoms with Gasteiger partial charge in [0.15, 0.2) is 18.1 Å². The van der Waals surface area contributed by atoms with Crippen LogP contribution < -0.4 is 15.2 Å². The van der Waals surface area contributed by atoms with Crippen LogP contribution in [0.4, 0.5) is 0 Å². The molecule has 0 heterocycles. The number of carbonyl (C=O) groups is 1. The SMILES string of the molecule is COc1cccc(CCN)c1OCC(=O)N(C)C(C)C. The number of nitrogens with two attached hydrogens (primary N) is 1. The number of methoxy groups -OCH3 is 1. The Balaban J connectivity index is 2.83. The molecule has 112 valence electrons. The van der Waals surface area contributed by atoms with Crippen molar-refractivity contribution in [3.05, 3.63) is 23.8 Å². The Bertz CT molecular complexity index is 447. The van der Waals surface area contributed by atoms with E-state index in [-0.39, 0.29) is 18.6 Å². The average molecular weight is 280 g/mol. The molecule has 5 nitrogen and oxygen atoms in total. The van der Waals surface area contributed by atoms with Crippen LogP contribution in [0.1, 0.15) is 19.4 Å². The number of amides is 1. The van der Waals surface area contributed by atoms with Crippen LogP contribution in [-0.4, -0.2) is 44.2 Å². The van der Waals surface area contributed by atoms with Gasteiger partial charge in [0.25, 0.3) is 5.91 Å². The molecule has 1 aromatic rings. The number of rotatable bonds is 7. The molecule has 0 fully saturated rings. The van der Waals surface area contributed by atoms with E-state index in [4.69, 9.17) is 15.2 Å². The Kier molecular flexibility index (Phi) is 6.31. The van der Waals surface area contributed by atoms with Gasteiger partial charge in [-0.3, -0.25) is 4.79 Å². The Labute approximate surface area is 120 Å². The van der Waals surface area contributed by atoms with Gasteiger partial charge in [0.05, 0.1) is 7.11 Å². The van der Waals surface area contributed by atoms with Gasteiger partial charge < -0.3 is 20.1 Å². The van der Waals surface area contributed by atoms with Crippen molar-refractivity contribution < 1.29 is 14.3 Å². The van der Waals surface area contributed by atoms with Crippen molar-refractivity contribution in [3.63, 3.8) is 0 Å². The lowest BCUT2D eigenvalue weighted by molar-refractivity contribution is -0.133. The summed E-state index contributed by atoms with van der Waals surface area (Å²) in [6.07, 6.45) is 0.681. The number of para-hydroxylation sites is 1. The highest BCUT2D eigenvalue weighted by molar-refractivity contribution is 5.77. The predicted octanol–water partition coefficient (Wildman–Crippen LogP) is 1.44. The summed E-state index contributed by atoms with van der Waals surface area (Å²) in [7, 11) is 3.34. The largest absolute Gasteiger partial charge is 0.493 e. The molecule has 0 unspecified atom stereocenters. The van der Waals surface area contributed by atoms with Crippen molar-refractivity contribution in [2.75, 3.05) is 27.3 Å². The van der Waals surface area contributed by atoms with E-state index < -0.39 is 0 Å². The zero-order chi connectivity index (χ0) is 15.1. The fourth-order valence-corrected chi connectivity index (χ4v) is 1.76. The van der Waals surface area contributed by atoms with Crippen molar-refractivity contribution in [1.29, 1.82) is 0 Å². The zero-order valence-electron chi connectivity index (χ0n) is 12.7. The minimum absolute atomic E-state index is 0.00732. The van der Waals surface area contributed by atoms with Crippen molar-refractivity contribution in [3.8, 4) is 11.5 Å². The molecule has 0 spiro atoms. The van der Waals surface area contributed by atoms with Crippen molar-refractivity contribution in [1.82, 2.24) is 4.90 Å². The molecule has 0 aliphatic rings. The van der Waals surface area contributed by atoms with Crippen LogP contribution in [0.25, 0.3) is 0 Å². The second-order valence-electron chi connectivity index (χ2n) is 4.87. The zero-order valence-corrected chi connectivity index (χ0v) is 12.7. The summed E-state index contributed by atoms with van der Waals surface area (Å²) in [5.74, 6) is 1.16. The van der Waals surface area contributed by atoms with E-state index in [0.717, 1.165) is 5.56 Å². The molecule has 1 aromatic carbocycles. The van der Waals surface area contributed by atoms with E-state index in [2.05, 4.69) is 0 Å². The molecular weight excluding hydrogens is 256 g/mol. The topological polar surface area (TPSA) is 64.8 Å². The minimum atomic E-state index is -0.0652. The van der Waals surface area contributed by atoms with Crippen LogP contribution in [-0.2, 0) is 11.2 Å². The molecule has 1 amide bonds. The lowest BCUT2D eigenvalue weighted by Gasteiger charge is -2.22. The Hall–Kier alpha value is -1.75. The summed E-state index contributed by atoms with van der Waals surface area (Å²) in [5, 5.41) is 0. The standard InChI is InChI=1S/C15H24N2O3/c1-11(2)17(3)14(18)10-20-15-12(8-9-16)6-5-7-13(15)19-4/h5-7,11H,8-10,16H2,1-4H3. The van der Waals surface area contributed by atoms with Gasteiger partial charge in [0, 0.05) is 13.1 Å². The molecule has 0 bridgehead atoms. The van der Waals surface area contributed by atoms with Gasteiger partial charge in [0.1, 0.15) is 0 Å². The lowest BCUT2D eigenvalue weighted by Crippen LogP contribution is -2.36. The first-order chi connectivity index (χ1) is 9.51. The molecule has 0 aromatic heterocycles. The molecule has 2 N–H and O–H groups in total. The maximum absolute atomic E-state index is 12.0. The van der Waals surface area contributed by atoms with E-state index in [0.29, 0.717) is 24.5 Å². The highest BCUT2D eigenvalue weighted by Crippen LogP contribution is 2.31. The minimum Gasteiger partial charge on any atom is -0.493 e. The Morgan fingerprint density at radius 2 is 2.10 bits per heavy atom. The molecule has 5 heteroatoms. The van der Waals surface area contributed by atoms with E-state index >= 15 is 0 Å². The van der Waals surface area contributed by atoms with Gasteiger partial charge >= 0.3 is 0 Å². The molecule has 0 radical (unpaired) electrons. The van der Waals surface area contributed by atoms with Gasteiger partial charge in [0.2, 0.25) is 0 Å². The molecular formula is C15H24N2O3. The average Bonchev–Trinajstić information content (AvgIpc) is 2.44. The molecule has 0 aliphatic carbocycles. The number of likely N-dealkylation sites (N-methyl/N-ethyl adjacent to an activating group) is 1. The third-order valence-electron chi connectivity index (χ3n) is 3.20. The summed E-state index contributed by atoms with van der Waals surface area (Å²) < 4.78 is 11.0. The molecule has 0 saturated carbocycles. The van der Waals surface area contributed by atoms with E-state index in [1.54, 1.807) is 19.1 Å². The van der Waals surface area contributed by atoms with E-state index in [1.165, 1.54) is 0 Å². The van der Waals surface area contributed by atoms with E-state index in [1.807, 2.05) is 32.0 Å². The van der Waals surface area contributed by atoms with Gasteiger partial charge in [-0.05, 0) is 38.4 Å². The fourth-order valence-electron chi connectivity index (χ4n) is 1.76. The van der Waals surface area contributed by atoms with Crippen LogP contribution in [0.15, 0.2) is 18.2 Å². The number of hydrogen-bond donors (Lipinski definition) is 1. The quantitative estimate of drug-likeness (QED) is 0.821. The van der Waals surface area contributed by atoms with E-state index in [9.17, 15) is 4.79 Å². The maximum atomic E-state index is 12.0. The number of ether oxygens (including phenoxy) is 2. The van der Waals surface area contributed by atoms with Crippen LogP contribution >= 0.6 is 0 Å². The van der Waals surface area contributed by atoms with Gasteiger partial charge in [-0.25, -0.2) is 0 Å².